The van der Waals surface area contributed by atoms with Crippen molar-refractivity contribution in [2.45, 2.75) is 38.0 Å². The van der Waals surface area contributed by atoms with Crippen LogP contribution in [0.5, 0.6) is 5.75 Å². The number of hydrogen-bond donors (Lipinski definition) is 1. The van der Waals surface area contributed by atoms with Gasteiger partial charge >= 0.3 is 0 Å². The van der Waals surface area contributed by atoms with Gasteiger partial charge in [0.05, 0.1) is 6.61 Å². The lowest BCUT2D eigenvalue weighted by atomic mass is 9.74. The van der Waals surface area contributed by atoms with Crippen LogP contribution < -0.4 is 10.1 Å². The summed E-state index contributed by atoms with van der Waals surface area (Å²) in [5, 5.41) is 3.65. The summed E-state index contributed by atoms with van der Waals surface area (Å²) in [6, 6.07) is 8.61. The average Bonchev–Trinajstić information content (AvgIpc) is 3.18. The van der Waals surface area contributed by atoms with Crippen LogP contribution in [0.25, 0.3) is 0 Å². The number of nitrogens with one attached hydrogen (secondary N) is 1. The second-order valence-electron chi connectivity index (χ2n) is 6.95. The minimum absolute atomic E-state index is 0.0959. The molecule has 2 fully saturated rings. The van der Waals surface area contributed by atoms with Crippen LogP contribution in [0.1, 0.15) is 38.2 Å². The number of likely N-dealkylation sites (tertiary alicyclic amines) is 1. The van der Waals surface area contributed by atoms with Crippen molar-refractivity contribution in [1.29, 1.82) is 0 Å². The summed E-state index contributed by atoms with van der Waals surface area (Å²) in [6.07, 6.45) is 4.59. The van der Waals surface area contributed by atoms with E-state index in [1.807, 2.05) is 14.0 Å². The Hall–Kier alpha value is -1.75. The molecule has 3 rings (SSSR count). The highest BCUT2D eigenvalue weighted by atomic mass is 16.5. The SMILES string of the molecule is CCOc1ccc(C2(CNC(=NC)N3CCCC3)CCOCC2)cc1. The maximum Gasteiger partial charge on any atom is 0.193 e. The predicted octanol–water partition coefficient (Wildman–Crippen LogP) is 2.80. The standard InChI is InChI=1S/C20H31N3O2/c1-3-25-18-8-6-17(7-9-18)20(10-14-24-15-11-20)16-22-19(21-2)23-12-4-5-13-23/h6-9H,3-5,10-16H2,1-2H3,(H,21,22). The van der Waals surface area contributed by atoms with Crippen molar-refractivity contribution in [1.82, 2.24) is 10.2 Å². The van der Waals surface area contributed by atoms with Gasteiger partial charge in [-0.15, -0.1) is 0 Å². The molecule has 0 bridgehead atoms. The Balaban J connectivity index is 1.73. The van der Waals surface area contributed by atoms with E-state index in [0.717, 1.165) is 57.4 Å². The molecule has 0 aromatic heterocycles. The molecule has 1 aromatic rings. The van der Waals surface area contributed by atoms with E-state index in [1.54, 1.807) is 0 Å². The summed E-state index contributed by atoms with van der Waals surface area (Å²) >= 11 is 0. The first kappa shape index (κ1) is 18.1. The quantitative estimate of drug-likeness (QED) is 0.658. The lowest BCUT2D eigenvalue weighted by Crippen LogP contribution is -2.48. The van der Waals surface area contributed by atoms with Gasteiger partial charge in [0.15, 0.2) is 5.96 Å². The highest BCUT2D eigenvalue weighted by Crippen LogP contribution is 2.35. The molecular weight excluding hydrogens is 314 g/mol. The molecule has 0 aliphatic carbocycles. The monoisotopic (exact) mass is 345 g/mol. The number of guanidine groups is 1. The Labute approximate surface area is 151 Å². The van der Waals surface area contributed by atoms with E-state index in [4.69, 9.17) is 9.47 Å². The Bertz CT molecular complexity index is 559. The molecule has 25 heavy (non-hydrogen) atoms. The minimum Gasteiger partial charge on any atom is -0.494 e. The predicted molar refractivity (Wildman–Crippen MR) is 102 cm³/mol. The molecule has 2 aliphatic rings. The fourth-order valence-corrected chi connectivity index (χ4v) is 3.91. The normalized spacial score (nSPS) is 20.6. The molecule has 2 aliphatic heterocycles. The first-order chi connectivity index (χ1) is 12.3. The van der Waals surface area contributed by atoms with Crippen molar-refractivity contribution in [3.05, 3.63) is 29.8 Å². The molecule has 5 heteroatoms. The average molecular weight is 345 g/mol. The molecule has 0 unspecified atom stereocenters. The van der Waals surface area contributed by atoms with E-state index in [9.17, 15) is 0 Å². The summed E-state index contributed by atoms with van der Waals surface area (Å²) in [6.45, 7) is 7.47. The summed E-state index contributed by atoms with van der Waals surface area (Å²) < 4.78 is 11.2. The first-order valence-electron chi connectivity index (χ1n) is 9.54. The van der Waals surface area contributed by atoms with Gasteiger partial charge in [0.2, 0.25) is 0 Å². The third-order valence-electron chi connectivity index (χ3n) is 5.43. The van der Waals surface area contributed by atoms with Gasteiger partial charge in [-0.3, -0.25) is 4.99 Å². The van der Waals surface area contributed by atoms with Crippen LogP contribution in [0.2, 0.25) is 0 Å². The van der Waals surface area contributed by atoms with Crippen molar-refractivity contribution in [3.8, 4) is 5.75 Å². The van der Waals surface area contributed by atoms with Crippen molar-refractivity contribution >= 4 is 5.96 Å². The largest absolute Gasteiger partial charge is 0.494 e. The third-order valence-corrected chi connectivity index (χ3v) is 5.43. The Morgan fingerprint density at radius 3 is 2.48 bits per heavy atom. The van der Waals surface area contributed by atoms with E-state index >= 15 is 0 Å². The number of aliphatic imine (C=N–C) groups is 1. The van der Waals surface area contributed by atoms with Gasteiger partial charge < -0.3 is 19.7 Å². The molecule has 138 valence electrons. The maximum atomic E-state index is 5.65. The summed E-state index contributed by atoms with van der Waals surface area (Å²) in [7, 11) is 1.88. The van der Waals surface area contributed by atoms with E-state index in [2.05, 4.69) is 39.5 Å². The number of hydrogen-bond acceptors (Lipinski definition) is 3. The fraction of sp³-hybridized carbons (Fsp3) is 0.650. The van der Waals surface area contributed by atoms with Gasteiger partial charge in [0.25, 0.3) is 0 Å². The highest BCUT2D eigenvalue weighted by molar-refractivity contribution is 5.80. The molecular formula is C20H31N3O2. The summed E-state index contributed by atoms with van der Waals surface area (Å²) in [4.78, 5) is 6.86. The van der Waals surface area contributed by atoms with E-state index in [-0.39, 0.29) is 5.41 Å². The van der Waals surface area contributed by atoms with Gasteiger partial charge in [0.1, 0.15) is 5.75 Å². The number of ether oxygens (including phenoxy) is 2. The van der Waals surface area contributed by atoms with Crippen LogP contribution in [0, 0.1) is 0 Å². The van der Waals surface area contributed by atoms with Gasteiger partial charge in [-0.25, -0.2) is 0 Å². The Morgan fingerprint density at radius 1 is 1.20 bits per heavy atom. The van der Waals surface area contributed by atoms with Crippen LogP contribution >= 0.6 is 0 Å². The minimum atomic E-state index is 0.0959. The van der Waals surface area contributed by atoms with Crippen molar-refractivity contribution in [3.63, 3.8) is 0 Å². The summed E-state index contributed by atoms with van der Waals surface area (Å²) in [5.41, 5.74) is 1.46. The molecule has 0 atom stereocenters. The highest BCUT2D eigenvalue weighted by Gasteiger charge is 2.35. The second kappa shape index (κ2) is 8.56. The topological polar surface area (TPSA) is 46.1 Å². The maximum absolute atomic E-state index is 5.65. The Morgan fingerprint density at radius 2 is 1.88 bits per heavy atom. The molecule has 0 radical (unpaired) electrons. The van der Waals surface area contributed by atoms with Crippen molar-refractivity contribution < 1.29 is 9.47 Å². The molecule has 0 saturated carbocycles. The van der Waals surface area contributed by atoms with Crippen LogP contribution in [-0.2, 0) is 10.2 Å². The molecule has 2 saturated heterocycles. The van der Waals surface area contributed by atoms with E-state index in [1.165, 1.54) is 18.4 Å². The third kappa shape index (κ3) is 4.27. The fourth-order valence-electron chi connectivity index (χ4n) is 3.91. The lowest BCUT2D eigenvalue weighted by Gasteiger charge is -2.39. The molecule has 5 nitrogen and oxygen atoms in total. The molecule has 0 spiro atoms. The smallest absolute Gasteiger partial charge is 0.193 e. The molecule has 2 heterocycles. The molecule has 1 aromatic carbocycles. The summed E-state index contributed by atoms with van der Waals surface area (Å²) in [5.74, 6) is 1.98. The van der Waals surface area contributed by atoms with Crippen LogP contribution in [0.3, 0.4) is 0 Å². The Kier molecular flexibility index (Phi) is 6.19. The lowest BCUT2D eigenvalue weighted by molar-refractivity contribution is 0.0512. The zero-order chi connectivity index (χ0) is 17.5. The van der Waals surface area contributed by atoms with Gasteiger partial charge in [-0.2, -0.15) is 0 Å². The molecule has 0 amide bonds. The number of nitrogens with zero attached hydrogens (tertiary/aromatic N) is 2. The molecule has 1 N–H and O–H groups in total. The van der Waals surface area contributed by atoms with Crippen LogP contribution in [0.15, 0.2) is 29.3 Å². The number of benzene rings is 1. The zero-order valence-corrected chi connectivity index (χ0v) is 15.6. The second-order valence-corrected chi connectivity index (χ2v) is 6.95. The van der Waals surface area contributed by atoms with Crippen LogP contribution in [-0.4, -0.2) is 57.4 Å². The van der Waals surface area contributed by atoms with Crippen molar-refractivity contribution in [2.24, 2.45) is 4.99 Å². The van der Waals surface area contributed by atoms with Crippen LogP contribution in [0.4, 0.5) is 0 Å². The van der Waals surface area contributed by atoms with Crippen molar-refractivity contribution in [2.75, 3.05) is 46.5 Å². The van der Waals surface area contributed by atoms with Gasteiger partial charge in [0, 0.05) is 45.3 Å². The number of rotatable bonds is 5. The van der Waals surface area contributed by atoms with E-state index < -0.39 is 0 Å². The van der Waals surface area contributed by atoms with Gasteiger partial charge in [-0.1, -0.05) is 12.1 Å². The zero-order valence-electron chi connectivity index (χ0n) is 15.6. The van der Waals surface area contributed by atoms with E-state index in [0.29, 0.717) is 6.61 Å². The first-order valence-corrected chi connectivity index (χ1v) is 9.54. The van der Waals surface area contributed by atoms with Gasteiger partial charge in [-0.05, 0) is 50.3 Å².